The lowest BCUT2D eigenvalue weighted by molar-refractivity contribution is 0.102. The minimum atomic E-state index is -3.70. The third-order valence-electron chi connectivity index (χ3n) is 5.68. The Morgan fingerprint density at radius 3 is 2.55 bits per heavy atom. The third kappa shape index (κ3) is 5.23. The number of para-hydroxylation sites is 1. The van der Waals surface area contributed by atoms with Gasteiger partial charge >= 0.3 is 0 Å². The van der Waals surface area contributed by atoms with Crippen LogP contribution in [0.2, 0.25) is 0 Å². The Balaban J connectivity index is 1.62. The first-order chi connectivity index (χ1) is 16.0. The van der Waals surface area contributed by atoms with Gasteiger partial charge in [-0.2, -0.15) is 9.40 Å². The van der Waals surface area contributed by atoms with Gasteiger partial charge in [-0.05, 0) is 42.7 Å². The number of sulfonamides is 1. The van der Waals surface area contributed by atoms with Gasteiger partial charge in [-0.3, -0.25) is 4.79 Å². The quantitative estimate of drug-likeness (QED) is 0.570. The van der Waals surface area contributed by atoms with E-state index in [9.17, 15) is 13.2 Å². The molecule has 1 aliphatic rings. The lowest BCUT2D eigenvalue weighted by Crippen LogP contribution is -2.32. The van der Waals surface area contributed by atoms with E-state index in [0.29, 0.717) is 31.1 Å². The van der Waals surface area contributed by atoms with Crippen LogP contribution in [0.5, 0.6) is 5.75 Å². The lowest BCUT2D eigenvalue weighted by Gasteiger charge is -2.21. The van der Waals surface area contributed by atoms with Crippen molar-refractivity contribution in [1.82, 2.24) is 19.1 Å². The van der Waals surface area contributed by atoms with Crippen LogP contribution in [0.1, 0.15) is 41.6 Å². The molecule has 2 heterocycles. The number of carbonyl (C=O) groups is 1. The van der Waals surface area contributed by atoms with Crippen molar-refractivity contribution in [3.05, 3.63) is 66.2 Å². The van der Waals surface area contributed by atoms with Crippen LogP contribution in [-0.2, 0) is 16.6 Å². The Bertz CT molecular complexity index is 1200. The van der Waals surface area contributed by atoms with Gasteiger partial charge in [0.15, 0.2) is 0 Å². The first-order valence-electron chi connectivity index (χ1n) is 10.9. The summed E-state index contributed by atoms with van der Waals surface area (Å²) in [6, 6.07) is 11.8. The molecule has 0 atom stereocenters. The maximum Gasteiger partial charge on any atom is 0.259 e. The minimum Gasteiger partial charge on any atom is -0.496 e. The summed E-state index contributed by atoms with van der Waals surface area (Å²) >= 11 is 0. The van der Waals surface area contributed by atoms with Gasteiger partial charge in [0.2, 0.25) is 10.0 Å². The van der Waals surface area contributed by atoms with Crippen LogP contribution in [0.25, 0.3) is 0 Å². The Morgan fingerprint density at radius 1 is 1.09 bits per heavy atom. The molecule has 0 saturated carbocycles. The number of hydrogen-bond acceptors (Lipinski definition) is 6. The molecule has 1 N–H and O–H groups in total. The summed E-state index contributed by atoms with van der Waals surface area (Å²) in [5.41, 5.74) is 1.59. The van der Waals surface area contributed by atoms with E-state index >= 15 is 0 Å². The second-order valence-corrected chi connectivity index (χ2v) is 9.82. The largest absolute Gasteiger partial charge is 0.496 e. The molecule has 4 rings (SSSR count). The number of aromatic nitrogens is 3. The van der Waals surface area contributed by atoms with Gasteiger partial charge in [0.25, 0.3) is 5.91 Å². The normalized spacial score (nSPS) is 15.1. The Hall–Kier alpha value is -3.24. The standard InChI is InChI=1S/C23H27N5O4S/c1-32-22-11-10-19(33(30,31)28-12-6-2-3-7-13-28)14-20(22)23(29)26-21-9-5-4-8-18(21)15-27-17-24-16-25-27/h4-5,8-11,14,16-17H,2-3,6-7,12-13,15H2,1H3,(H,26,29). The highest BCUT2D eigenvalue weighted by molar-refractivity contribution is 7.89. The van der Waals surface area contributed by atoms with Gasteiger partial charge in [0.1, 0.15) is 18.4 Å². The number of nitrogens with zero attached hydrogens (tertiary/aromatic N) is 4. The van der Waals surface area contributed by atoms with Crippen molar-refractivity contribution in [3.63, 3.8) is 0 Å². The van der Waals surface area contributed by atoms with E-state index in [1.165, 1.54) is 35.9 Å². The average molecular weight is 470 g/mol. The number of ether oxygens (including phenoxy) is 1. The van der Waals surface area contributed by atoms with E-state index in [1.807, 2.05) is 18.2 Å². The second-order valence-electron chi connectivity index (χ2n) is 7.88. The molecular weight excluding hydrogens is 442 g/mol. The van der Waals surface area contributed by atoms with E-state index in [4.69, 9.17) is 4.74 Å². The predicted molar refractivity (Wildman–Crippen MR) is 124 cm³/mol. The number of rotatable bonds is 7. The van der Waals surface area contributed by atoms with Crippen molar-refractivity contribution in [2.24, 2.45) is 0 Å². The number of nitrogens with one attached hydrogen (secondary N) is 1. The summed E-state index contributed by atoms with van der Waals surface area (Å²) in [4.78, 5) is 17.3. The van der Waals surface area contributed by atoms with Crippen molar-refractivity contribution < 1.29 is 17.9 Å². The summed E-state index contributed by atoms with van der Waals surface area (Å²) in [5, 5.41) is 7.00. The number of amides is 1. The molecule has 2 aromatic carbocycles. The molecule has 0 aliphatic carbocycles. The van der Waals surface area contributed by atoms with Crippen molar-refractivity contribution >= 4 is 21.6 Å². The molecule has 0 bridgehead atoms. The first-order valence-corrected chi connectivity index (χ1v) is 12.3. The maximum atomic E-state index is 13.2. The molecule has 174 valence electrons. The van der Waals surface area contributed by atoms with Crippen LogP contribution in [0.3, 0.4) is 0 Å². The number of hydrogen-bond donors (Lipinski definition) is 1. The fourth-order valence-corrected chi connectivity index (χ4v) is 5.46. The number of benzene rings is 2. The molecule has 0 radical (unpaired) electrons. The summed E-state index contributed by atoms with van der Waals surface area (Å²) in [6.07, 6.45) is 6.77. The van der Waals surface area contributed by atoms with Gasteiger partial charge in [-0.1, -0.05) is 31.0 Å². The van der Waals surface area contributed by atoms with Crippen molar-refractivity contribution in [1.29, 1.82) is 0 Å². The predicted octanol–water partition coefficient (Wildman–Crippen LogP) is 3.15. The highest BCUT2D eigenvalue weighted by Gasteiger charge is 2.27. The molecule has 1 aromatic heterocycles. The summed E-state index contributed by atoms with van der Waals surface area (Å²) < 4.78 is 35.0. The summed E-state index contributed by atoms with van der Waals surface area (Å²) in [7, 11) is -2.25. The zero-order chi connectivity index (χ0) is 23.3. The Labute approximate surface area is 193 Å². The fraction of sp³-hybridized carbons (Fsp3) is 0.348. The molecule has 0 unspecified atom stereocenters. The van der Waals surface area contributed by atoms with Crippen LogP contribution >= 0.6 is 0 Å². The van der Waals surface area contributed by atoms with Crippen LogP contribution in [0.4, 0.5) is 5.69 Å². The Kier molecular flexibility index (Phi) is 7.05. The molecule has 3 aromatic rings. The highest BCUT2D eigenvalue weighted by atomic mass is 32.2. The monoisotopic (exact) mass is 469 g/mol. The van der Waals surface area contributed by atoms with Crippen molar-refractivity contribution in [2.75, 3.05) is 25.5 Å². The Morgan fingerprint density at radius 2 is 1.85 bits per heavy atom. The van der Waals surface area contributed by atoms with E-state index in [-0.39, 0.29) is 10.5 Å². The van der Waals surface area contributed by atoms with Gasteiger partial charge in [-0.25, -0.2) is 18.1 Å². The molecule has 10 heteroatoms. The number of anilines is 1. The fourth-order valence-electron chi connectivity index (χ4n) is 3.91. The van der Waals surface area contributed by atoms with E-state index in [2.05, 4.69) is 15.4 Å². The van der Waals surface area contributed by atoms with Crippen LogP contribution in [0.15, 0.2) is 60.0 Å². The topological polar surface area (TPSA) is 106 Å². The third-order valence-corrected chi connectivity index (χ3v) is 7.58. The SMILES string of the molecule is COc1ccc(S(=O)(=O)N2CCCCCC2)cc1C(=O)Nc1ccccc1Cn1cncn1. The maximum absolute atomic E-state index is 13.2. The van der Waals surface area contributed by atoms with Crippen LogP contribution < -0.4 is 10.1 Å². The van der Waals surface area contributed by atoms with E-state index in [0.717, 1.165) is 31.2 Å². The van der Waals surface area contributed by atoms with Gasteiger partial charge in [-0.15, -0.1) is 0 Å². The molecule has 1 amide bonds. The molecule has 1 fully saturated rings. The average Bonchev–Trinajstić information content (AvgIpc) is 3.17. The first kappa shape index (κ1) is 22.9. The number of methoxy groups -OCH3 is 1. The van der Waals surface area contributed by atoms with Crippen LogP contribution in [-0.4, -0.2) is 53.6 Å². The molecule has 33 heavy (non-hydrogen) atoms. The van der Waals surface area contributed by atoms with Crippen LogP contribution in [0, 0.1) is 0 Å². The van der Waals surface area contributed by atoms with E-state index < -0.39 is 15.9 Å². The number of carbonyl (C=O) groups excluding carboxylic acids is 1. The zero-order valence-corrected chi connectivity index (χ0v) is 19.3. The second kappa shape index (κ2) is 10.1. The minimum absolute atomic E-state index is 0.0891. The highest BCUT2D eigenvalue weighted by Crippen LogP contribution is 2.27. The molecular formula is C23H27N5O4S. The molecule has 1 saturated heterocycles. The molecule has 1 aliphatic heterocycles. The van der Waals surface area contributed by atoms with Gasteiger partial charge in [0.05, 0.1) is 24.1 Å². The summed E-state index contributed by atoms with van der Waals surface area (Å²) in [5.74, 6) is -0.151. The van der Waals surface area contributed by atoms with Gasteiger partial charge < -0.3 is 10.1 Å². The zero-order valence-electron chi connectivity index (χ0n) is 18.5. The summed E-state index contributed by atoms with van der Waals surface area (Å²) in [6.45, 7) is 1.41. The molecule has 0 spiro atoms. The molecule has 9 nitrogen and oxygen atoms in total. The smallest absolute Gasteiger partial charge is 0.259 e. The lowest BCUT2D eigenvalue weighted by atomic mass is 10.1. The van der Waals surface area contributed by atoms with Crippen molar-refractivity contribution in [3.8, 4) is 5.75 Å². The van der Waals surface area contributed by atoms with E-state index in [1.54, 1.807) is 17.1 Å². The van der Waals surface area contributed by atoms with Crippen molar-refractivity contribution in [2.45, 2.75) is 37.1 Å². The van der Waals surface area contributed by atoms with Gasteiger partial charge in [0, 0.05) is 18.8 Å².